The second-order valence-electron chi connectivity index (χ2n) is 6.74. The predicted molar refractivity (Wildman–Crippen MR) is 80.9 cm³/mol. The van der Waals surface area contributed by atoms with Crippen molar-refractivity contribution < 1.29 is 0 Å². The van der Waals surface area contributed by atoms with Crippen LogP contribution in [0.1, 0.15) is 31.4 Å². The lowest BCUT2D eigenvalue weighted by Crippen LogP contribution is -2.47. The van der Waals surface area contributed by atoms with Gasteiger partial charge in [0.15, 0.2) is 0 Å². The standard InChI is InChI=1S/C15H26N6/c1-2-13(1)16-11-14-12-21(18-17-14)10-7-19-5-8-20(9-6-19)15-3-4-15/h12-13,15-16H,1-11H2. The summed E-state index contributed by atoms with van der Waals surface area (Å²) >= 11 is 0. The number of nitrogens with one attached hydrogen (secondary N) is 1. The molecule has 21 heavy (non-hydrogen) atoms. The van der Waals surface area contributed by atoms with Gasteiger partial charge in [0.2, 0.25) is 0 Å². The molecule has 2 aliphatic carbocycles. The van der Waals surface area contributed by atoms with E-state index in [1.165, 1.54) is 51.9 Å². The first-order valence-electron chi connectivity index (χ1n) is 8.45. The van der Waals surface area contributed by atoms with Crippen LogP contribution in [0.2, 0.25) is 0 Å². The molecular weight excluding hydrogens is 264 g/mol. The number of aromatic nitrogens is 3. The summed E-state index contributed by atoms with van der Waals surface area (Å²) in [7, 11) is 0. The van der Waals surface area contributed by atoms with E-state index in [2.05, 4.69) is 31.6 Å². The number of piperazine rings is 1. The number of hydrogen-bond donors (Lipinski definition) is 1. The minimum Gasteiger partial charge on any atom is -0.308 e. The van der Waals surface area contributed by atoms with E-state index in [4.69, 9.17) is 0 Å². The highest BCUT2D eigenvalue weighted by Gasteiger charge is 2.30. The van der Waals surface area contributed by atoms with E-state index in [1.54, 1.807) is 0 Å². The average molecular weight is 290 g/mol. The maximum Gasteiger partial charge on any atom is 0.0964 e. The highest BCUT2D eigenvalue weighted by Crippen LogP contribution is 2.27. The molecule has 0 radical (unpaired) electrons. The molecule has 0 atom stereocenters. The van der Waals surface area contributed by atoms with Crippen LogP contribution in [0.4, 0.5) is 0 Å². The Morgan fingerprint density at radius 3 is 2.57 bits per heavy atom. The summed E-state index contributed by atoms with van der Waals surface area (Å²) in [4.78, 5) is 5.22. The van der Waals surface area contributed by atoms with Crippen LogP contribution < -0.4 is 5.32 Å². The van der Waals surface area contributed by atoms with Gasteiger partial charge < -0.3 is 5.32 Å². The zero-order chi connectivity index (χ0) is 14.1. The molecule has 3 fully saturated rings. The Morgan fingerprint density at radius 2 is 1.86 bits per heavy atom. The first-order valence-corrected chi connectivity index (χ1v) is 8.45. The zero-order valence-electron chi connectivity index (χ0n) is 12.7. The number of rotatable bonds is 7. The fourth-order valence-electron chi connectivity index (χ4n) is 3.10. The molecule has 0 amide bonds. The minimum atomic E-state index is 0.734. The van der Waals surface area contributed by atoms with E-state index in [1.807, 2.05) is 4.68 Å². The van der Waals surface area contributed by atoms with E-state index in [0.29, 0.717) is 0 Å². The Hall–Kier alpha value is -0.980. The molecule has 3 aliphatic rings. The van der Waals surface area contributed by atoms with Gasteiger partial charge in [-0.05, 0) is 25.7 Å². The lowest BCUT2D eigenvalue weighted by atomic mass is 10.3. The van der Waals surface area contributed by atoms with Crippen LogP contribution in [0.3, 0.4) is 0 Å². The number of nitrogens with zero attached hydrogens (tertiary/aromatic N) is 5. The molecule has 1 saturated heterocycles. The topological polar surface area (TPSA) is 49.2 Å². The Morgan fingerprint density at radius 1 is 1.05 bits per heavy atom. The third-order valence-corrected chi connectivity index (χ3v) is 4.85. The summed E-state index contributed by atoms with van der Waals surface area (Å²) in [6.45, 7) is 7.84. The molecule has 0 spiro atoms. The molecular formula is C15H26N6. The van der Waals surface area contributed by atoms with Gasteiger partial charge in [-0.2, -0.15) is 0 Å². The van der Waals surface area contributed by atoms with E-state index < -0.39 is 0 Å². The molecule has 6 heteroatoms. The van der Waals surface area contributed by atoms with Crippen LogP contribution in [-0.4, -0.2) is 69.6 Å². The van der Waals surface area contributed by atoms with Crippen LogP contribution in [0.25, 0.3) is 0 Å². The molecule has 0 aromatic carbocycles. The maximum atomic E-state index is 4.25. The first kappa shape index (κ1) is 13.7. The predicted octanol–water partition coefficient (Wildman–Crippen LogP) is 0.310. The summed E-state index contributed by atoms with van der Waals surface area (Å²) in [5, 5.41) is 12.0. The van der Waals surface area contributed by atoms with Crippen LogP contribution in [0.5, 0.6) is 0 Å². The lowest BCUT2D eigenvalue weighted by Gasteiger charge is -2.34. The van der Waals surface area contributed by atoms with Crippen LogP contribution in [-0.2, 0) is 13.1 Å². The Bertz CT molecular complexity index is 456. The highest BCUT2D eigenvalue weighted by molar-refractivity contribution is 4.94. The SMILES string of the molecule is c1c(CNC2CC2)nnn1CCN1CCN(C2CC2)CC1. The van der Waals surface area contributed by atoms with Crippen molar-refractivity contribution in [2.24, 2.45) is 0 Å². The summed E-state index contributed by atoms with van der Waals surface area (Å²) in [6, 6.07) is 1.65. The summed E-state index contributed by atoms with van der Waals surface area (Å²) in [6.07, 6.45) is 7.59. The van der Waals surface area contributed by atoms with Gasteiger partial charge in [-0.15, -0.1) is 5.10 Å². The third-order valence-electron chi connectivity index (χ3n) is 4.85. The Labute approximate surface area is 126 Å². The summed E-state index contributed by atoms with van der Waals surface area (Å²) < 4.78 is 2.00. The minimum absolute atomic E-state index is 0.734. The van der Waals surface area contributed by atoms with Crippen LogP contribution in [0, 0.1) is 0 Å². The van der Waals surface area contributed by atoms with Crippen molar-refractivity contribution in [3.05, 3.63) is 11.9 Å². The van der Waals surface area contributed by atoms with E-state index in [9.17, 15) is 0 Å². The summed E-state index contributed by atoms with van der Waals surface area (Å²) in [5.74, 6) is 0. The Balaban J connectivity index is 1.18. The van der Waals surface area contributed by atoms with Gasteiger partial charge in [0.05, 0.1) is 12.2 Å². The monoisotopic (exact) mass is 290 g/mol. The molecule has 1 aromatic rings. The van der Waals surface area contributed by atoms with Crippen molar-refractivity contribution in [2.45, 2.75) is 50.9 Å². The molecule has 1 aliphatic heterocycles. The molecule has 0 unspecified atom stereocenters. The van der Waals surface area contributed by atoms with Gasteiger partial charge in [-0.3, -0.25) is 14.5 Å². The molecule has 1 aromatic heterocycles. The maximum absolute atomic E-state index is 4.25. The zero-order valence-corrected chi connectivity index (χ0v) is 12.7. The molecule has 1 N–H and O–H groups in total. The van der Waals surface area contributed by atoms with E-state index in [-0.39, 0.29) is 0 Å². The van der Waals surface area contributed by atoms with Gasteiger partial charge in [0.25, 0.3) is 0 Å². The average Bonchev–Trinajstić information content (AvgIpc) is 3.43. The highest BCUT2D eigenvalue weighted by atomic mass is 15.4. The van der Waals surface area contributed by atoms with E-state index in [0.717, 1.165) is 37.4 Å². The molecule has 2 heterocycles. The fourth-order valence-corrected chi connectivity index (χ4v) is 3.10. The van der Waals surface area contributed by atoms with Crippen molar-refractivity contribution in [1.29, 1.82) is 0 Å². The number of hydrogen-bond acceptors (Lipinski definition) is 5. The molecule has 4 rings (SSSR count). The molecule has 2 saturated carbocycles. The Kier molecular flexibility index (Phi) is 3.92. The van der Waals surface area contributed by atoms with Crippen molar-refractivity contribution in [3.63, 3.8) is 0 Å². The van der Waals surface area contributed by atoms with E-state index >= 15 is 0 Å². The summed E-state index contributed by atoms with van der Waals surface area (Å²) in [5.41, 5.74) is 1.07. The van der Waals surface area contributed by atoms with Gasteiger partial charge in [0, 0.05) is 57.5 Å². The van der Waals surface area contributed by atoms with Gasteiger partial charge >= 0.3 is 0 Å². The lowest BCUT2D eigenvalue weighted by molar-refractivity contribution is 0.122. The largest absolute Gasteiger partial charge is 0.308 e. The second-order valence-corrected chi connectivity index (χ2v) is 6.74. The van der Waals surface area contributed by atoms with Gasteiger partial charge in [-0.1, -0.05) is 5.21 Å². The first-order chi connectivity index (χ1) is 10.4. The van der Waals surface area contributed by atoms with Gasteiger partial charge in [-0.25, -0.2) is 0 Å². The fraction of sp³-hybridized carbons (Fsp3) is 0.867. The van der Waals surface area contributed by atoms with Crippen molar-refractivity contribution >= 4 is 0 Å². The molecule has 0 bridgehead atoms. The normalized spacial score (nSPS) is 24.6. The molecule has 116 valence electrons. The van der Waals surface area contributed by atoms with Crippen molar-refractivity contribution in [3.8, 4) is 0 Å². The van der Waals surface area contributed by atoms with Gasteiger partial charge in [0.1, 0.15) is 0 Å². The van der Waals surface area contributed by atoms with Crippen LogP contribution >= 0.6 is 0 Å². The van der Waals surface area contributed by atoms with Crippen molar-refractivity contribution in [1.82, 2.24) is 30.1 Å². The second kappa shape index (κ2) is 6.02. The molecule has 6 nitrogen and oxygen atoms in total. The third kappa shape index (κ3) is 3.81. The smallest absolute Gasteiger partial charge is 0.0964 e. The van der Waals surface area contributed by atoms with Crippen molar-refractivity contribution in [2.75, 3.05) is 32.7 Å². The quantitative estimate of drug-likeness (QED) is 0.783. The van der Waals surface area contributed by atoms with Crippen LogP contribution in [0.15, 0.2) is 6.20 Å².